The average Bonchev–Trinajstić information content (AvgIpc) is 3.12. The highest BCUT2D eigenvalue weighted by atomic mass is 32.1. The molecule has 0 bridgehead atoms. The van der Waals surface area contributed by atoms with E-state index in [4.69, 9.17) is 4.74 Å². The molecular weight excluding hydrogens is 288 g/mol. The third-order valence-electron chi connectivity index (χ3n) is 3.71. The van der Waals surface area contributed by atoms with Gasteiger partial charge in [-0.25, -0.2) is 4.79 Å². The standard InChI is InChI=1S/C15H16N2O3S/c1-10(18)17-8-5-11-12(9-17)21-14(13(11)15(19)20-2)16-6-3-4-7-16/h3-4,6-7H,5,8-9H2,1-2H3. The highest BCUT2D eigenvalue weighted by molar-refractivity contribution is 7.15. The van der Waals surface area contributed by atoms with Crippen LogP contribution in [0.4, 0.5) is 0 Å². The number of aromatic nitrogens is 1. The van der Waals surface area contributed by atoms with Gasteiger partial charge in [-0.05, 0) is 24.1 Å². The quantitative estimate of drug-likeness (QED) is 0.800. The van der Waals surface area contributed by atoms with Gasteiger partial charge in [0, 0.05) is 30.7 Å². The van der Waals surface area contributed by atoms with Crippen molar-refractivity contribution in [2.45, 2.75) is 19.9 Å². The van der Waals surface area contributed by atoms with Crippen LogP contribution in [0.15, 0.2) is 24.5 Å². The Kier molecular flexibility index (Phi) is 3.55. The van der Waals surface area contributed by atoms with Crippen LogP contribution in [-0.2, 0) is 22.5 Å². The highest BCUT2D eigenvalue weighted by Gasteiger charge is 2.29. The number of nitrogens with zero attached hydrogens (tertiary/aromatic N) is 2. The number of amides is 1. The maximum absolute atomic E-state index is 12.2. The maximum atomic E-state index is 12.2. The minimum atomic E-state index is -0.313. The molecule has 21 heavy (non-hydrogen) atoms. The van der Waals surface area contributed by atoms with Gasteiger partial charge in [0.2, 0.25) is 5.91 Å². The smallest absolute Gasteiger partial charge is 0.341 e. The first-order chi connectivity index (χ1) is 10.1. The van der Waals surface area contributed by atoms with Crippen molar-refractivity contribution in [3.63, 3.8) is 0 Å². The minimum absolute atomic E-state index is 0.0659. The van der Waals surface area contributed by atoms with Crippen LogP contribution < -0.4 is 0 Å². The molecule has 1 aliphatic heterocycles. The van der Waals surface area contributed by atoms with Crippen molar-refractivity contribution in [1.29, 1.82) is 0 Å². The molecule has 0 radical (unpaired) electrons. The van der Waals surface area contributed by atoms with Crippen molar-refractivity contribution in [2.24, 2.45) is 0 Å². The van der Waals surface area contributed by atoms with Gasteiger partial charge in [0.15, 0.2) is 0 Å². The predicted molar refractivity (Wildman–Crippen MR) is 79.8 cm³/mol. The number of carbonyl (C=O) groups excluding carboxylic acids is 2. The van der Waals surface area contributed by atoms with Crippen molar-refractivity contribution in [1.82, 2.24) is 9.47 Å². The number of ether oxygens (including phenoxy) is 1. The van der Waals surface area contributed by atoms with Gasteiger partial charge in [-0.3, -0.25) is 4.79 Å². The molecule has 3 heterocycles. The molecule has 0 saturated carbocycles. The summed E-state index contributed by atoms with van der Waals surface area (Å²) in [5.74, 6) is -0.247. The molecular formula is C15H16N2O3S. The molecule has 0 N–H and O–H groups in total. The van der Waals surface area contributed by atoms with Crippen molar-refractivity contribution in [3.8, 4) is 5.00 Å². The SMILES string of the molecule is COC(=O)c1c(-n2cccc2)sc2c1CCN(C(C)=O)C2. The Morgan fingerprint density at radius 3 is 2.62 bits per heavy atom. The number of methoxy groups -OCH3 is 1. The first-order valence-electron chi connectivity index (χ1n) is 6.73. The lowest BCUT2D eigenvalue weighted by atomic mass is 10.0. The fourth-order valence-corrected chi connectivity index (χ4v) is 3.94. The highest BCUT2D eigenvalue weighted by Crippen LogP contribution is 2.36. The van der Waals surface area contributed by atoms with Crippen molar-refractivity contribution in [2.75, 3.05) is 13.7 Å². The second kappa shape index (κ2) is 5.37. The van der Waals surface area contributed by atoms with E-state index in [2.05, 4.69) is 0 Å². The third-order valence-corrected chi connectivity index (χ3v) is 4.94. The normalized spacial score (nSPS) is 13.9. The minimum Gasteiger partial charge on any atom is -0.465 e. The van der Waals surface area contributed by atoms with Crippen LogP contribution in [0.5, 0.6) is 0 Å². The number of hydrogen-bond donors (Lipinski definition) is 0. The van der Waals surface area contributed by atoms with E-state index in [1.54, 1.807) is 23.2 Å². The van der Waals surface area contributed by atoms with E-state index in [0.29, 0.717) is 25.1 Å². The summed E-state index contributed by atoms with van der Waals surface area (Å²) in [6.07, 6.45) is 4.51. The van der Waals surface area contributed by atoms with E-state index in [1.807, 2.05) is 29.1 Å². The lowest BCUT2D eigenvalue weighted by molar-refractivity contribution is -0.129. The van der Waals surface area contributed by atoms with Gasteiger partial charge in [-0.15, -0.1) is 11.3 Å². The molecule has 0 saturated heterocycles. The van der Waals surface area contributed by atoms with Gasteiger partial charge in [-0.1, -0.05) is 0 Å². The maximum Gasteiger partial charge on any atom is 0.341 e. The molecule has 3 rings (SSSR count). The number of rotatable bonds is 2. The van der Waals surface area contributed by atoms with E-state index < -0.39 is 0 Å². The zero-order chi connectivity index (χ0) is 15.0. The summed E-state index contributed by atoms with van der Waals surface area (Å²) in [4.78, 5) is 26.6. The largest absolute Gasteiger partial charge is 0.465 e. The summed E-state index contributed by atoms with van der Waals surface area (Å²) < 4.78 is 6.87. The zero-order valence-corrected chi connectivity index (χ0v) is 12.8. The average molecular weight is 304 g/mol. The number of fused-ring (bicyclic) bond motifs is 1. The molecule has 0 aliphatic carbocycles. The first kappa shape index (κ1) is 13.9. The Balaban J connectivity index is 2.10. The molecule has 5 nitrogen and oxygen atoms in total. The number of hydrogen-bond acceptors (Lipinski definition) is 4. The van der Waals surface area contributed by atoms with Crippen molar-refractivity contribution in [3.05, 3.63) is 40.5 Å². The lowest BCUT2D eigenvalue weighted by Gasteiger charge is -2.25. The van der Waals surface area contributed by atoms with Gasteiger partial charge >= 0.3 is 5.97 Å². The van der Waals surface area contributed by atoms with Gasteiger partial charge in [0.05, 0.1) is 19.2 Å². The lowest BCUT2D eigenvalue weighted by Crippen LogP contribution is -2.33. The topological polar surface area (TPSA) is 51.5 Å². The van der Waals surface area contributed by atoms with Gasteiger partial charge < -0.3 is 14.2 Å². The zero-order valence-electron chi connectivity index (χ0n) is 12.0. The Labute approximate surface area is 126 Å². The molecule has 2 aromatic heterocycles. The summed E-state index contributed by atoms with van der Waals surface area (Å²) in [5.41, 5.74) is 1.66. The summed E-state index contributed by atoms with van der Waals surface area (Å²) >= 11 is 1.55. The Bertz CT molecular complexity index is 688. The fraction of sp³-hybridized carbons (Fsp3) is 0.333. The molecule has 0 aromatic carbocycles. The molecule has 1 aliphatic rings. The fourth-order valence-electron chi connectivity index (χ4n) is 2.62. The molecule has 110 valence electrons. The van der Waals surface area contributed by atoms with E-state index in [9.17, 15) is 9.59 Å². The summed E-state index contributed by atoms with van der Waals surface area (Å²) in [5, 5.41) is 0.863. The molecule has 2 aromatic rings. The van der Waals surface area contributed by atoms with Crippen LogP contribution in [0.3, 0.4) is 0 Å². The van der Waals surface area contributed by atoms with Crippen LogP contribution in [0.1, 0.15) is 27.7 Å². The van der Waals surface area contributed by atoms with Crippen LogP contribution in [0.25, 0.3) is 5.00 Å². The second-order valence-corrected chi connectivity index (χ2v) is 6.04. The van der Waals surface area contributed by atoms with Crippen molar-refractivity contribution < 1.29 is 14.3 Å². The summed E-state index contributed by atoms with van der Waals surface area (Å²) in [6.45, 7) is 2.79. The van der Waals surface area contributed by atoms with E-state index in [1.165, 1.54) is 7.11 Å². The summed E-state index contributed by atoms with van der Waals surface area (Å²) in [6, 6.07) is 3.84. The molecule has 6 heteroatoms. The predicted octanol–water partition coefficient (Wildman–Crippen LogP) is 2.23. The van der Waals surface area contributed by atoms with Gasteiger partial charge in [0.25, 0.3) is 0 Å². The molecule has 0 unspecified atom stereocenters. The van der Waals surface area contributed by atoms with Crippen molar-refractivity contribution >= 4 is 23.2 Å². The number of esters is 1. The van der Waals surface area contributed by atoms with Crippen LogP contribution in [0.2, 0.25) is 0 Å². The van der Waals surface area contributed by atoms with E-state index in [-0.39, 0.29) is 11.9 Å². The Hall–Kier alpha value is -2.08. The number of carbonyl (C=O) groups is 2. The van der Waals surface area contributed by atoms with E-state index >= 15 is 0 Å². The Morgan fingerprint density at radius 1 is 1.29 bits per heavy atom. The Morgan fingerprint density at radius 2 is 2.00 bits per heavy atom. The molecule has 0 spiro atoms. The number of thiophene rings is 1. The molecule has 0 fully saturated rings. The van der Waals surface area contributed by atoms with Crippen LogP contribution in [-0.4, -0.2) is 35.0 Å². The molecule has 0 atom stereocenters. The first-order valence-corrected chi connectivity index (χ1v) is 7.55. The van der Waals surface area contributed by atoms with E-state index in [0.717, 1.165) is 15.4 Å². The monoisotopic (exact) mass is 304 g/mol. The van der Waals surface area contributed by atoms with Crippen LogP contribution >= 0.6 is 11.3 Å². The third kappa shape index (κ3) is 2.35. The summed E-state index contributed by atoms with van der Waals surface area (Å²) in [7, 11) is 1.40. The van der Waals surface area contributed by atoms with Crippen LogP contribution in [0, 0.1) is 0 Å². The second-order valence-electron chi connectivity index (χ2n) is 4.96. The van der Waals surface area contributed by atoms with Gasteiger partial charge in [-0.2, -0.15) is 0 Å². The van der Waals surface area contributed by atoms with Gasteiger partial charge in [0.1, 0.15) is 5.00 Å². The molecule has 1 amide bonds.